The van der Waals surface area contributed by atoms with Gasteiger partial charge in [0.2, 0.25) is 5.91 Å². The lowest BCUT2D eigenvalue weighted by Gasteiger charge is -2.05. The van der Waals surface area contributed by atoms with Gasteiger partial charge in [0, 0.05) is 5.56 Å². The van der Waals surface area contributed by atoms with Crippen molar-refractivity contribution in [1.82, 2.24) is 5.32 Å². The molecule has 2 aromatic rings. The molecule has 1 heterocycles. The molecular weight excluding hydrogens is 292 g/mol. The first kappa shape index (κ1) is 14.7. The molecule has 2 rings (SSSR count). The molecule has 0 spiro atoms. The van der Waals surface area contributed by atoms with Crippen molar-refractivity contribution in [3.63, 3.8) is 0 Å². The van der Waals surface area contributed by atoms with E-state index in [1.165, 1.54) is 12.1 Å². The van der Waals surface area contributed by atoms with Crippen LogP contribution in [-0.4, -0.2) is 29.4 Å². The minimum Gasteiger partial charge on any atom is -0.477 e. The summed E-state index contributed by atoms with van der Waals surface area (Å²) in [6.07, 6.45) is 0. The summed E-state index contributed by atoms with van der Waals surface area (Å²) < 4.78 is 0. The number of carboxylic acids is 1. The molecule has 6 nitrogen and oxygen atoms in total. The van der Waals surface area contributed by atoms with Crippen LogP contribution in [0.1, 0.15) is 20.0 Å². The van der Waals surface area contributed by atoms with Crippen molar-refractivity contribution in [1.29, 1.82) is 0 Å². The fourth-order valence-corrected chi connectivity index (χ4v) is 2.32. The quantitative estimate of drug-likeness (QED) is 0.785. The number of aromatic carboxylic acids is 1. The zero-order valence-electron chi connectivity index (χ0n) is 10.8. The van der Waals surface area contributed by atoms with Crippen molar-refractivity contribution < 1.29 is 19.5 Å². The van der Waals surface area contributed by atoms with Crippen LogP contribution in [0.5, 0.6) is 0 Å². The number of carboxylic acid groups (broad SMARTS) is 1. The van der Waals surface area contributed by atoms with E-state index >= 15 is 0 Å². The largest absolute Gasteiger partial charge is 0.477 e. The summed E-state index contributed by atoms with van der Waals surface area (Å²) >= 11 is 0.956. The summed E-state index contributed by atoms with van der Waals surface area (Å²) in [5.41, 5.74) is 0.467. The van der Waals surface area contributed by atoms with Crippen LogP contribution in [-0.2, 0) is 4.79 Å². The molecule has 0 fully saturated rings. The number of benzene rings is 1. The van der Waals surface area contributed by atoms with Gasteiger partial charge in [0.25, 0.3) is 5.91 Å². The second-order valence-corrected chi connectivity index (χ2v) is 5.15. The number of hydrogen-bond acceptors (Lipinski definition) is 4. The van der Waals surface area contributed by atoms with Crippen molar-refractivity contribution in [2.24, 2.45) is 0 Å². The van der Waals surface area contributed by atoms with Gasteiger partial charge in [-0.15, -0.1) is 11.3 Å². The summed E-state index contributed by atoms with van der Waals surface area (Å²) in [5.74, 6) is -1.81. The highest BCUT2D eigenvalue weighted by Crippen LogP contribution is 2.21. The van der Waals surface area contributed by atoms with E-state index in [9.17, 15) is 14.4 Å². The summed E-state index contributed by atoms with van der Waals surface area (Å²) in [7, 11) is 0. The molecule has 0 bridgehead atoms. The lowest BCUT2D eigenvalue weighted by molar-refractivity contribution is -0.115. The minimum absolute atomic E-state index is 0.138. The molecule has 108 valence electrons. The van der Waals surface area contributed by atoms with Gasteiger partial charge >= 0.3 is 5.97 Å². The van der Waals surface area contributed by atoms with Crippen LogP contribution in [0.2, 0.25) is 0 Å². The molecule has 0 aliphatic heterocycles. The molecule has 1 aromatic heterocycles. The maximum Gasteiger partial charge on any atom is 0.345 e. The third-order valence-electron chi connectivity index (χ3n) is 2.52. The first-order valence-corrected chi connectivity index (χ1v) is 6.84. The van der Waals surface area contributed by atoms with Gasteiger partial charge in [0.1, 0.15) is 4.88 Å². The summed E-state index contributed by atoms with van der Waals surface area (Å²) in [4.78, 5) is 34.2. The van der Waals surface area contributed by atoms with Crippen molar-refractivity contribution in [3.8, 4) is 0 Å². The Hall–Kier alpha value is -2.67. The molecule has 0 radical (unpaired) electrons. The maximum atomic E-state index is 11.7. The zero-order valence-corrected chi connectivity index (χ0v) is 11.6. The lowest BCUT2D eigenvalue weighted by atomic mass is 10.2. The van der Waals surface area contributed by atoms with Crippen LogP contribution < -0.4 is 10.6 Å². The molecule has 1 aromatic carbocycles. The van der Waals surface area contributed by atoms with Gasteiger partial charge in [-0.2, -0.15) is 0 Å². The number of amides is 2. The van der Waals surface area contributed by atoms with Crippen LogP contribution in [0.4, 0.5) is 5.00 Å². The monoisotopic (exact) mass is 304 g/mol. The molecule has 0 unspecified atom stereocenters. The van der Waals surface area contributed by atoms with Gasteiger partial charge in [-0.25, -0.2) is 4.79 Å². The Labute approximate surface area is 124 Å². The third kappa shape index (κ3) is 4.15. The number of rotatable bonds is 5. The van der Waals surface area contributed by atoms with Gasteiger partial charge in [-0.05, 0) is 24.3 Å². The fraction of sp³-hybridized carbons (Fsp3) is 0.0714. The molecule has 0 saturated carbocycles. The molecule has 3 N–H and O–H groups in total. The van der Waals surface area contributed by atoms with Gasteiger partial charge in [0.15, 0.2) is 0 Å². The fourth-order valence-electron chi connectivity index (χ4n) is 1.55. The molecule has 7 heteroatoms. The minimum atomic E-state index is -1.04. The second-order valence-electron chi connectivity index (χ2n) is 4.07. The van der Waals surface area contributed by atoms with E-state index in [4.69, 9.17) is 5.11 Å². The second kappa shape index (κ2) is 6.67. The summed E-state index contributed by atoms with van der Waals surface area (Å²) in [5, 5.41) is 14.2. The van der Waals surface area contributed by atoms with E-state index in [0.717, 1.165) is 11.3 Å². The number of thiophene rings is 1. The molecule has 0 aliphatic rings. The standard InChI is InChI=1S/C14H12N2O4S/c17-11(16-12-7-6-10(21-12)14(19)20)8-15-13(18)9-4-2-1-3-5-9/h1-7H,8H2,(H,15,18)(H,16,17)(H,19,20). The van der Waals surface area contributed by atoms with Crippen molar-refractivity contribution in [2.75, 3.05) is 11.9 Å². The number of carbonyl (C=O) groups is 3. The average Bonchev–Trinajstić information content (AvgIpc) is 2.94. The average molecular weight is 304 g/mol. The summed E-state index contributed by atoms with van der Waals surface area (Å²) in [6.45, 7) is -0.186. The van der Waals surface area contributed by atoms with E-state index < -0.39 is 11.9 Å². The van der Waals surface area contributed by atoms with E-state index in [2.05, 4.69) is 10.6 Å². The number of nitrogens with one attached hydrogen (secondary N) is 2. The van der Waals surface area contributed by atoms with Crippen molar-refractivity contribution >= 4 is 34.1 Å². The number of carbonyl (C=O) groups excluding carboxylic acids is 2. The predicted molar refractivity (Wildman–Crippen MR) is 78.7 cm³/mol. The first-order chi connectivity index (χ1) is 10.1. The Morgan fingerprint density at radius 2 is 1.76 bits per heavy atom. The van der Waals surface area contributed by atoms with Crippen LogP contribution >= 0.6 is 11.3 Å². The van der Waals surface area contributed by atoms with E-state index in [-0.39, 0.29) is 17.3 Å². The van der Waals surface area contributed by atoms with Gasteiger partial charge in [-0.1, -0.05) is 18.2 Å². The number of hydrogen-bond donors (Lipinski definition) is 3. The number of anilines is 1. The van der Waals surface area contributed by atoms with E-state index in [1.54, 1.807) is 30.3 Å². The van der Waals surface area contributed by atoms with Gasteiger partial charge in [-0.3, -0.25) is 9.59 Å². The highest BCUT2D eigenvalue weighted by molar-refractivity contribution is 7.18. The Morgan fingerprint density at radius 3 is 2.38 bits per heavy atom. The Bertz CT molecular complexity index is 667. The van der Waals surface area contributed by atoms with Crippen LogP contribution in [0.25, 0.3) is 0 Å². The first-order valence-electron chi connectivity index (χ1n) is 6.02. The molecular formula is C14H12N2O4S. The van der Waals surface area contributed by atoms with Crippen molar-refractivity contribution in [2.45, 2.75) is 0 Å². The van der Waals surface area contributed by atoms with E-state index in [1.807, 2.05) is 0 Å². The smallest absolute Gasteiger partial charge is 0.345 e. The molecule has 2 amide bonds. The van der Waals surface area contributed by atoms with Crippen molar-refractivity contribution in [3.05, 3.63) is 52.9 Å². The van der Waals surface area contributed by atoms with Gasteiger partial charge < -0.3 is 15.7 Å². The summed E-state index contributed by atoms with van der Waals surface area (Å²) in [6, 6.07) is 11.5. The Kier molecular flexibility index (Phi) is 4.68. The SMILES string of the molecule is O=C(CNC(=O)c1ccccc1)Nc1ccc(C(=O)O)s1. The topological polar surface area (TPSA) is 95.5 Å². The molecule has 0 aliphatic carbocycles. The third-order valence-corrected chi connectivity index (χ3v) is 3.51. The molecule has 21 heavy (non-hydrogen) atoms. The maximum absolute atomic E-state index is 11.7. The molecule has 0 saturated heterocycles. The highest BCUT2D eigenvalue weighted by Gasteiger charge is 2.10. The normalized spacial score (nSPS) is 9.90. The van der Waals surface area contributed by atoms with Crippen LogP contribution in [0, 0.1) is 0 Å². The van der Waals surface area contributed by atoms with E-state index in [0.29, 0.717) is 10.6 Å². The zero-order chi connectivity index (χ0) is 15.2. The Balaban J connectivity index is 1.84. The van der Waals surface area contributed by atoms with Crippen LogP contribution in [0.15, 0.2) is 42.5 Å². The molecule has 0 atom stereocenters. The predicted octanol–water partition coefficient (Wildman–Crippen LogP) is 1.81. The lowest BCUT2D eigenvalue weighted by Crippen LogP contribution is -2.32. The van der Waals surface area contributed by atoms with Crippen LogP contribution in [0.3, 0.4) is 0 Å². The Morgan fingerprint density at radius 1 is 1.05 bits per heavy atom. The highest BCUT2D eigenvalue weighted by atomic mass is 32.1. The van der Waals surface area contributed by atoms with Gasteiger partial charge in [0.05, 0.1) is 11.5 Å².